The second-order valence-corrected chi connectivity index (χ2v) is 6.03. The molecule has 17 heavy (non-hydrogen) atoms. The summed E-state index contributed by atoms with van der Waals surface area (Å²) in [5.74, 6) is 1.55. The first-order valence-electron chi connectivity index (χ1n) is 6.82. The maximum Gasteiger partial charge on any atom is 0.0929 e. The van der Waals surface area contributed by atoms with Gasteiger partial charge in [0, 0.05) is 0 Å². The molecule has 1 N–H and O–H groups in total. The number of aliphatic hydroxyl groups is 1. The van der Waals surface area contributed by atoms with Gasteiger partial charge in [0.15, 0.2) is 0 Å². The number of rotatable bonds is 2. The summed E-state index contributed by atoms with van der Waals surface area (Å²) in [5, 5.41) is 11.1. The Kier molecular flexibility index (Phi) is 3.58. The van der Waals surface area contributed by atoms with Crippen molar-refractivity contribution in [3.8, 4) is 0 Å². The highest BCUT2D eigenvalue weighted by Gasteiger charge is 2.43. The molecule has 2 rings (SSSR count). The van der Waals surface area contributed by atoms with Gasteiger partial charge in [-0.25, -0.2) is 0 Å². The van der Waals surface area contributed by atoms with Crippen molar-refractivity contribution in [1.29, 1.82) is 0 Å². The van der Waals surface area contributed by atoms with E-state index in [1.54, 1.807) is 0 Å². The third kappa shape index (κ3) is 2.40. The normalized spacial score (nSPS) is 33.9. The summed E-state index contributed by atoms with van der Waals surface area (Å²) in [6.45, 7) is 6.72. The van der Waals surface area contributed by atoms with Gasteiger partial charge in [0.25, 0.3) is 0 Å². The van der Waals surface area contributed by atoms with Crippen LogP contribution in [0.25, 0.3) is 0 Å². The van der Waals surface area contributed by atoms with Gasteiger partial charge in [0.05, 0.1) is 5.60 Å². The number of benzene rings is 1. The third-order valence-corrected chi connectivity index (χ3v) is 4.32. The predicted octanol–water partition coefficient (Wildman–Crippen LogP) is 3.97. The Balaban J connectivity index is 2.36. The van der Waals surface area contributed by atoms with Crippen LogP contribution < -0.4 is 0 Å². The van der Waals surface area contributed by atoms with Crippen LogP contribution in [0.3, 0.4) is 0 Å². The Morgan fingerprint density at radius 1 is 1.18 bits per heavy atom. The lowest BCUT2D eigenvalue weighted by atomic mass is 9.64. The Morgan fingerprint density at radius 2 is 1.82 bits per heavy atom. The van der Waals surface area contributed by atoms with Crippen LogP contribution in [-0.2, 0) is 5.60 Å². The highest BCUT2D eigenvalue weighted by molar-refractivity contribution is 5.24. The molecule has 1 aliphatic carbocycles. The second-order valence-electron chi connectivity index (χ2n) is 6.03. The molecule has 0 spiro atoms. The molecule has 0 aliphatic heterocycles. The fourth-order valence-corrected chi connectivity index (χ4v) is 3.43. The van der Waals surface area contributed by atoms with Gasteiger partial charge >= 0.3 is 0 Å². The Morgan fingerprint density at radius 3 is 2.41 bits per heavy atom. The lowest BCUT2D eigenvalue weighted by molar-refractivity contribution is -0.0865. The molecular formula is C16H24O. The van der Waals surface area contributed by atoms with E-state index in [4.69, 9.17) is 0 Å². The number of hydrogen-bond acceptors (Lipinski definition) is 1. The van der Waals surface area contributed by atoms with Crippen LogP contribution in [0.1, 0.15) is 45.6 Å². The number of hydrogen-bond donors (Lipinski definition) is 1. The van der Waals surface area contributed by atoms with Crippen molar-refractivity contribution >= 4 is 0 Å². The molecule has 0 amide bonds. The summed E-state index contributed by atoms with van der Waals surface area (Å²) in [6, 6.07) is 10.2. The first-order valence-corrected chi connectivity index (χ1v) is 6.82. The lowest BCUT2D eigenvalue weighted by Gasteiger charge is -2.45. The van der Waals surface area contributed by atoms with E-state index in [0.717, 1.165) is 18.4 Å². The standard InChI is InChI=1S/C16H24O/c1-12(2)15-10-9-13(3)11-16(15,17)14-7-5-4-6-8-14/h4-8,12-13,15,17H,9-11H2,1-3H3/t13-,15?,16?/m1/s1. The summed E-state index contributed by atoms with van der Waals surface area (Å²) < 4.78 is 0. The molecule has 1 aromatic carbocycles. The molecular weight excluding hydrogens is 208 g/mol. The summed E-state index contributed by atoms with van der Waals surface area (Å²) >= 11 is 0. The van der Waals surface area contributed by atoms with E-state index in [1.165, 1.54) is 6.42 Å². The van der Waals surface area contributed by atoms with E-state index < -0.39 is 5.60 Å². The van der Waals surface area contributed by atoms with E-state index in [0.29, 0.717) is 17.8 Å². The molecule has 2 unspecified atom stereocenters. The van der Waals surface area contributed by atoms with Crippen molar-refractivity contribution in [2.45, 2.75) is 45.6 Å². The van der Waals surface area contributed by atoms with Crippen LogP contribution in [0.4, 0.5) is 0 Å². The molecule has 0 saturated heterocycles. The second kappa shape index (κ2) is 4.81. The van der Waals surface area contributed by atoms with Gasteiger partial charge in [-0.05, 0) is 36.2 Å². The maximum atomic E-state index is 11.1. The maximum absolute atomic E-state index is 11.1. The molecule has 1 aliphatic rings. The van der Waals surface area contributed by atoms with Crippen LogP contribution in [-0.4, -0.2) is 5.11 Å². The minimum absolute atomic E-state index is 0.390. The average molecular weight is 232 g/mol. The molecule has 1 nitrogen and oxygen atoms in total. The Labute approximate surface area is 105 Å². The highest BCUT2D eigenvalue weighted by atomic mass is 16.3. The van der Waals surface area contributed by atoms with Crippen molar-refractivity contribution in [2.24, 2.45) is 17.8 Å². The van der Waals surface area contributed by atoms with E-state index in [-0.39, 0.29) is 0 Å². The topological polar surface area (TPSA) is 20.2 Å². The predicted molar refractivity (Wildman–Crippen MR) is 71.7 cm³/mol. The Hall–Kier alpha value is -0.820. The lowest BCUT2D eigenvalue weighted by Crippen LogP contribution is -2.42. The van der Waals surface area contributed by atoms with Crippen LogP contribution >= 0.6 is 0 Å². The van der Waals surface area contributed by atoms with Crippen molar-refractivity contribution < 1.29 is 5.11 Å². The van der Waals surface area contributed by atoms with Crippen LogP contribution in [0, 0.1) is 17.8 Å². The van der Waals surface area contributed by atoms with Crippen molar-refractivity contribution in [3.05, 3.63) is 35.9 Å². The SMILES string of the molecule is CC(C)C1CC[C@@H](C)CC1(O)c1ccccc1. The molecule has 0 bridgehead atoms. The molecule has 0 heterocycles. The summed E-state index contributed by atoms with van der Waals surface area (Å²) in [7, 11) is 0. The fourth-order valence-electron chi connectivity index (χ4n) is 3.43. The molecule has 0 aromatic heterocycles. The van der Waals surface area contributed by atoms with Crippen molar-refractivity contribution in [1.82, 2.24) is 0 Å². The van der Waals surface area contributed by atoms with E-state index in [1.807, 2.05) is 18.2 Å². The van der Waals surface area contributed by atoms with E-state index in [2.05, 4.69) is 32.9 Å². The first-order chi connectivity index (χ1) is 8.04. The quantitative estimate of drug-likeness (QED) is 0.818. The Bertz CT molecular complexity index is 357. The molecule has 0 radical (unpaired) electrons. The molecule has 1 fully saturated rings. The average Bonchev–Trinajstić information content (AvgIpc) is 2.29. The van der Waals surface area contributed by atoms with Gasteiger partial charge in [-0.2, -0.15) is 0 Å². The van der Waals surface area contributed by atoms with Crippen LogP contribution in [0.15, 0.2) is 30.3 Å². The van der Waals surface area contributed by atoms with Gasteiger partial charge in [0.1, 0.15) is 0 Å². The molecule has 3 atom stereocenters. The van der Waals surface area contributed by atoms with Crippen LogP contribution in [0.5, 0.6) is 0 Å². The van der Waals surface area contributed by atoms with Crippen molar-refractivity contribution in [2.75, 3.05) is 0 Å². The molecule has 1 saturated carbocycles. The summed E-state index contributed by atoms with van der Waals surface area (Å²) in [6.07, 6.45) is 3.29. The highest BCUT2D eigenvalue weighted by Crippen LogP contribution is 2.46. The monoisotopic (exact) mass is 232 g/mol. The van der Waals surface area contributed by atoms with E-state index in [9.17, 15) is 5.11 Å². The molecule has 1 aromatic rings. The van der Waals surface area contributed by atoms with Gasteiger partial charge in [0.2, 0.25) is 0 Å². The minimum atomic E-state index is -0.618. The zero-order chi connectivity index (χ0) is 12.5. The molecule has 1 heteroatoms. The fraction of sp³-hybridized carbons (Fsp3) is 0.625. The van der Waals surface area contributed by atoms with E-state index >= 15 is 0 Å². The largest absolute Gasteiger partial charge is 0.385 e. The van der Waals surface area contributed by atoms with Crippen molar-refractivity contribution in [3.63, 3.8) is 0 Å². The smallest absolute Gasteiger partial charge is 0.0929 e. The van der Waals surface area contributed by atoms with Gasteiger partial charge in [-0.15, -0.1) is 0 Å². The van der Waals surface area contributed by atoms with Gasteiger partial charge < -0.3 is 5.11 Å². The molecule has 94 valence electrons. The van der Waals surface area contributed by atoms with Gasteiger partial charge in [-0.3, -0.25) is 0 Å². The summed E-state index contributed by atoms with van der Waals surface area (Å²) in [5.41, 5.74) is 0.484. The van der Waals surface area contributed by atoms with Gasteiger partial charge in [-0.1, -0.05) is 57.5 Å². The third-order valence-electron chi connectivity index (χ3n) is 4.32. The minimum Gasteiger partial charge on any atom is -0.385 e. The summed E-state index contributed by atoms with van der Waals surface area (Å²) in [4.78, 5) is 0. The zero-order valence-electron chi connectivity index (χ0n) is 11.2. The first kappa shape index (κ1) is 12.6. The zero-order valence-corrected chi connectivity index (χ0v) is 11.2. The van der Waals surface area contributed by atoms with Crippen LogP contribution in [0.2, 0.25) is 0 Å².